The van der Waals surface area contributed by atoms with Crippen LogP contribution in [0.15, 0.2) is 18.2 Å². The monoisotopic (exact) mass is 264 g/mol. The standard InChI is InChI=1S/C16H28N2O/c1-12-8-9-14(15(10-12)19-7)13(2)17-11-16(3,4)18(5)6/h8-10,13,17H,11H2,1-7H3. The molecule has 3 heteroatoms. The lowest BCUT2D eigenvalue weighted by Crippen LogP contribution is -2.47. The highest BCUT2D eigenvalue weighted by atomic mass is 16.5. The maximum Gasteiger partial charge on any atom is 0.123 e. The Kier molecular flexibility index (Phi) is 5.39. The first kappa shape index (κ1) is 16.0. The molecular formula is C16H28N2O. The number of benzene rings is 1. The van der Waals surface area contributed by atoms with Gasteiger partial charge in [0, 0.05) is 23.7 Å². The van der Waals surface area contributed by atoms with E-state index in [0.717, 1.165) is 12.3 Å². The molecule has 0 aromatic heterocycles. The Balaban J connectivity index is 2.76. The molecule has 0 aliphatic carbocycles. The summed E-state index contributed by atoms with van der Waals surface area (Å²) in [5, 5.41) is 3.59. The van der Waals surface area contributed by atoms with Gasteiger partial charge < -0.3 is 15.0 Å². The average Bonchev–Trinajstić information content (AvgIpc) is 2.35. The first-order valence-corrected chi connectivity index (χ1v) is 6.83. The smallest absolute Gasteiger partial charge is 0.123 e. The molecule has 1 rings (SSSR count). The second-order valence-electron chi connectivity index (χ2n) is 6.05. The van der Waals surface area contributed by atoms with Crippen LogP contribution in [0.3, 0.4) is 0 Å². The summed E-state index contributed by atoms with van der Waals surface area (Å²) in [6, 6.07) is 6.64. The van der Waals surface area contributed by atoms with E-state index in [1.54, 1.807) is 7.11 Å². The van der Waals surface area contributed by atoms with Crippen LogP contribution in [-0.2, 0) is 0 Å². The fraction of sp³-hybridized carbons (Fsp3) is 0.625. The predicted octanol–water partition coefficient (Wildman–Crippen LogP) is 2.99. The summed E-state index contributed by atoms with van der Waals surface area (Å²) in [5.41, 5.74) is 2.57. The van der Waals surface area contributed by atoms with Gasteiger partial charge in [0.25, 0.3) is 0 Å². The molecule has 0 aliphatic rings. The summed E-state index contributed by atoms with van der Waals surface area (Å²) in [6.45, 7) is 9.66. The third-order valence-electron chi connectivity index (χ3n) is 3.91. The first-order valence-electron chi connectivity index (χ1n) is 6.83. The summed E-state index contributed by atoms with van der Waals surface area (Å²) in [7, 11) is 5.95. The first-order chi connectivity index (χ1) is 8.77. The van der Waals surface area contributed by atoms with Crippen molar-refractivity contribution in [3.8, 4) is 5.75 Å². The molecule has 108 valence electrons. The van der Waals surface area contributed by atoms with Crippen molar-refractivity contribution in [1.82, 2.24) is 10.2 Å². The Labute approximate surface area is 118 Å². The van der Waals surface area contributed by atoms with E-state index in [1.165, 1.54) is 11.1 Å². The van der Waals surface area contributed by atoms with E-state index in [2.05, 4.69) is 70.2 Å². The zero-order chi connectivity index (χ0) is 14.6. The van der Waals surface area contributed by atoms with Gasteiger partial charge in [-0.1, -0.05) is 12.1 Å². The molecule has 0 saturated carbocycles. The van der Waals surface area contributed by atoms with Gasteiger partial charge in [-0.15, -0.1) is 0 Å². The van der Waals surface area contributed by atoms with Crippen molar-refractivity contribution in [3.63, 3.8) is 0 Å². The van der Waals surface area contributed by atoms with Crippen molar-refractivity contribution in [1.29, 1.82) is 0 Å². The Morgan fingerprint density at radius 1 is 1.32 bits per heavy atom. The van der Waals surface area contributed by atoms with E-state index in [9.17, 15) is 0 Å². The third-order valence-corrected chi connectivity index (χ3v) is 3.91. The van der Waals surface area contributed by atoms with Crippen molar-refractivity contribution in [2.75, 3.05) is 27.7 Å². The molecule has 1 N–H and O–H groups in total. The molecule has 3 nitrogen and oxygen atoms in total. The van der Waals surface area contributed by atoms with Gasteiger partial charge in [0.15, 0.2) is 0 Å². The van der Waals surface area contributed by atoms with Crippen LogP contribution < -0.4 is 10.1 Å². The number of nitrogens with one attached hydrogen (secondary N) is 1. The lowest BCUT2D eigenvalue weighted by Gasteiger charge is -2.34. The molecule has 0 amide bonds. The highest BCUT2D eigenvalue weighted by Gasteiger charge is 2.21. The summed E-state index contributed by atoms with van der Waals surface area (Å²) in [6.07, 6.45) is 0. The number of nitrogens with zero attached hydrogens (tertiary/aromatic N) is 1. The molecule has 1 atom stereocenters. The van der Waals surface area contributed by atoms with Crippen LogP contribution in [0.5, 0.6) is 5.75 Å². The third kappa shape index (κ3) is 4.22. The summed E-state index contributed by atoms with van der Waals surface area (Å²) < 4.78 is 5.48. The molecule has 1 aromatic rings. The van der Waals surface area contributed by atoms with Crippen LogP contribution in [0.2, 0.25) is 0 Å². The Morgan fingerprint density at radius 3 is 2.47 bits per heavy atom. The van der Waals surface area contributed by atoms with Crippen molar-refractivity contribution < 1.29 is 4.74 Å². The van der Waals surface area contributed by atoms with Gasteiger partial charge >= 0.3 is 0 Å². The molecule has 0 radical (unpaired) electrons. The van der Waals surface area contributed by atoms with E-state index in [0.29, 0.717) is 0 Å². The van der Waals surface area contributed by atoms with Gasteiger partial charge in [-0.25, -0.2) is 0 Å². The Bertz CT molecular complexity index is 413. The molecule has 0 spiro atoms. The molecule has 19 heavy (non-hydrogen) atoms. The number of hydrogen-bond donors (Lipinski definition) is 1. The fourth-order valence-electron chi connectivity index (χ4n) is 1.85. The lowest BCUT2D eigenvalue weighted by atomic mass is 10.0. The number of ether oxygens (including phenoxy) is 1. The zero-order valence-electron chi connectivity index (χ0n) is 13.4. The minimum Gasteiger partial charge on any atom is -0.496 e. The van der Waals surface area contributed by atoms with E-state index < -0.39 is 0 Å². The van der Waals surface area contributed by atoms with Crippen molar-refractivity contribution in [2.24, 2.45) is 0 Å². The second kappa shape index (κ2) is 6.40. The van der Waals surface area contributed by atoms with Crippen LogP contribution in [0, 0.1) is 6.92 Å². The normalized spacial score (nSPS) is 13.7. The number of likely N-dealkylation sites (N-methyl/N-ethyl adjacent to an activating group) is 1. The topological polar surface area (TPSA) is 24.5 Å². The van der Waals surface area contributed by atoms with Crippen LogP contribution in [0.4, 0.5) is 0 Å². The van der Waals surface area contributed by atoms with Crippen LogP contribution in [0.1, 0.15) is 37.9 Å². The Morgan fingerprint density at radius 2 is 1.95 bits per heavy atom. The van der Waals surface area contributed by atoms with E-state index in [-0.39, 0.29) is 11.6 Å². The summed E-state index contributed by atoms with van der Waals surface area (Å²) in [5.74, 6) is 0.961. The predicted molar refractivity (Wildman–Crippen MR) is 81.9 cm³/mol. The minimum absolute atomic E-state index is 0.131. The maximum absolute atomic E-state index is 5.48. The van der Waals surface area contributed by atoms with Gasteiger partial charge in [-0.3, -0.25) is 0 Å². The van der Waals surface area contributed by atoms with Crippen molar-refractivity contribution >= 4 is 0 Å². The molecule has 0 saturated heterocycles. The molecule has 1 unspecified atom stereocenters. The van der Waals surface area contributed by atoms with Gasteiger partial charge in [0.05, 0.1) is 7.11 Å². The molecular weight excluding hydrogens is 236 g/mol. The van der Waals surface area contributed by atoms with Crippen molar-refractivity contribution in [3.05, 3.63) is 29.3 Å². The highest BCUT2D eigenvalue weighted by Crippen LogP contribution is 2.26. The van der Waals surface area contributed by atoms with Crippen LogP contribution >= 0.6 is 0 Å². The van der Waals surface area contributed by atoms with Crippen LogP contribution in [0.25, 0.3) is 0 Å². The van der Waals surface area contributed by atoms with E-state index >= 15 is 0 Å². The molecule has 0 heterocycles. The van der Waals surface area contributed by atoms with Gasteiger partial charge in [-0.05, 0) is 53.4 Å². The SMILES string of the molecule is COc1cc(C)ccc1C(C)NCC(C)(C)N(C)C. The molecule has 0 bridgehead atoms. The highest BCUT2D eigenvalue weighted by molar-refractivity contribution is 5.39. The molecule has 0 fully saturated rings. The van der Waals surface area contributed by atoms with Gasteiger partial charge in [0.2, 0.25) is 0 Å². The van der Waals surface area contributed by atoms with E-state index in [1.807, 2.05) is 0 Å². The number of rotatable bonds is 6. The lowest BCUT2D eigenvalue weighted by molar-refractivity contribution is 0.185. The zero-order valence-corrected chi connectivity index (χ0v) is 13.4. The molecule has 1 aromatic carbocycles. The summed E-state index contributed by atoms with van der Waals surface area (Å²) >= 11 is 0. The van der Waals surface area contributed by atoms with Gasteiger partial charge in [0.1, 0.15) is 5.75 Å². The van der Waals surface area contributed by atoms with Crippen molar-refractivity contribution in [2.45, 2.75) is 39.3 Å². The maximum atomic E-state index is 5.48. The van der Waals surface area contributed by atoms with Crippen LogP contribution in [-0.4, -0.2) is 38.2 Å². The largest absolute Gasteiger partial charge is 0.496 e. The number of aryl methyl sites for hydroxylation is 1. The Hall–Kier alpha value is -1.06. The van der Waals surface area contributed by atoms with E-state index in [4.69, 9.17) is 4.74 Å². The molecule has 0 aliphatic heterocycles. The minimum atomic E-state index is 0.131. The second-order valence-corrected chi connectivity index (χ2v) is 6.05. The fourth-order valence-corrected chi connectivity index (χ4v) is 1.85. The van der Waals surface area contributed by atoms with Gasteiger partial charge in [-0.2, -0.15) is 0 Å². The number of methoxy groups -OCH3 is 1. The average molecular weight is 264 g/mol. The quantitative estimate of drug-likeness (QED) is 0.855. The number of hydrogen-bond acceptors (Lipinski definition) is 3. The summed E-state index contributed by atoms with van der Waals surface area (Å²) in [4.78, 5) is 2.24.